The van der Waals surface area contributed by atoms with Gasteiger partial charge in [0.25, 0.3) is 5.91 Å². The summed E-state index contributed by atoms with van der Waals surface area (Å²) in [6.45, 7) is 4.11. The highest BCUT2D eigenvalue weighted by atomic mass is 16.5. The van der Waals surface area contributed by atoms with E-state index in [1.807, 2.05) is 31.2 Å². The lowest BCUT2D eigenvalue weighted by Gasteiger charge is -2.12. The Labute approximate surface area is 117 Å². The maximum Gasteiger partial charge on any atom is 0.341 e. The van der Waals surface area contributed by atoms with Crippen molar-refractivity contribution in [2.75, 3.05) is 6.54 Å². The number of rotatable bonds is 5. The molecule has 1 heterocycles. The monoisotopic (exact) mass is 274 g/mol. The van der Waals surface area contributed by atoms with Crippen LogP contribution in [0, 0.1) is 0 Å². The number of ether oxygens (including phenoxy) is 1. The van der Waals surface area contributed by atoms with Crippen molar-refractivity contribution in [3.63, 3.8) is 0 Å². The first-order chi connectivity index (χ1) is 9.63. The van der Waals surface area contributed by atoms with Crippen LogP contribution in [0.4, 0.5) is 0 Å². The Balaban J connectivity index is 2.06. The lowest BCUT2D eigenvalue weighted by Crippen LogP contribution is -2.36. The largest absolute Gasteiger partial charge is 0.449 e. The number of carbonyl (C=O) groups excluding carboxylic acids is 2. The predicted molar refractivity (Wildman–Crippen MR) is 76.5 cm³/mol. The highest BCUT2D eigenvalue weighted by Gasteiger charge is 2.20. The molecule has 106 valence electrons. The van der Waals surface area contributed by atoms with Gasteiger partial charge in [0.2, 0.25) is 0 Å². The second-order valence-electron chi connectivity index (χ2n) is 4.59. The average molecular weight is 274 g/mol. The van der Waals surface area contributed by atoms with Crippen LogP contribution in [0.1, 0.15) is 30.6 Å². The number of aromatic nitrogens is 1. The molecule has 0 spiro atoms. The molecule has 0 aliphatic heterocycles. The van der Waals surface area contributed by atoms with Gasteiger partial charge in [0.05, 0.1) is 5.56 Å². The minimum atomic E-state index is -0.803. The van der Waals surface area contributed by atoms with Crippen LogP contribution in [-0.2, 0) is 9.53 Å². The van der Waals surface area contributed by atoms with Gasteiger partial charge in [-0.1, -0.05) is 25.1 Å². The predicted octanol–water partition coefficient (Wildman–Crippen LogP) is 2.24. The van der Waals surface area contributed by atoms with Crippen molar-refractivity contribution >= 4 is 22.8 Å². The summed E-state index contributed by atoms with van der Waals surface area (Å²) in [6.07, 6.45) is 1.64. The van der Waals surface area contributed by atoms with Crippen LogP contribution in [-0.4, -0.2) is 29.5 Å². The van der Waals surface area contributed by atoms with E-state index in [9.17, 15) is 9.59 Å². The van der Waals surface area contributed by atoms with E-state index in [2.05, 4.69) is 10.3 Å². The number of nitrogens with one attached hydrogen (secondary N) is 2. The molecule has 0 radical (unpaired) electrons. The highest BCUT2D eigenvalue weighted by Crippen LogP contribution is 2.18. The second-order valence-corrected chi connectivity index (χ2v) is 4.59. The summed E-state index contributed by atoms with van der Waals surface area (Å²) in [5.74, 6) is -0.776. The van der Waals surface area contributed by atoms with E-state index < -0.39 is 12.1 Å². The zero-order valence-corrected chi connectivity index (χ0v) is 11.6. The molecule has 0 bridgehead atoms. The Morgan fingerprint density at radius 3 is 2.85 bits per heavy atom. The SMILES string of the molecule is CCCNC(=O)[C@H](C)OC(=O)c1c[nH]c2ccccc12. The zero-order chi connectivity index (χ0) is 14.5. The number of fused-ring (bicyclic) bond motifs is 1. The molecule has 1 aromatic carbocycles. The molecular formula is C15H18N2O3. The number of hydrogen-bond donors (Lipinski definition) is 2. The number of hydrogen-bond acceptors (Lipinski definition) is 3. The number of benzene rings is 1. The van der Waals surface area contributed by atoms with Crippen LogP contribution in [0.3, 0.4) is 0 Å². The van der Waals surface area contributed by atoms with Gasteiger partial charge in [0, 0.05) is 23.6 Å². The van der Waals surface area contributed by atoms with Crippen molar-refractivity contribution in [3.8, 4) is 0 Å². The molecule has 1 atom stereocenters. The van der Waals surface area contributed by atoms with E-state index in [0.717, 1.165) is 17.3 Å². The van der Waals surface area contributed by atoms with Crippen molar-refractivity contribution < 1.29 is 14.3 Å². The van der Waals surface area contributed by atoms with Gasteiger partial charge in [-0.05, 0) is 19.4 Å². The summed E-state index contributed by atoms with van der Waals surface area (Å²) in [5.41, 5.74) is 1.30. The van der Waals surface area contributed by atoms with Crippen LogP contribution in [0.5, 0.6) is 0 Å². The number of para-hydroxylation sites is 1. The first kappa shape index (κ1) is 14.1. The zero-order valence-electron chi connectivity index (χ0n) is 11.6. The molecular weight excluding hydrogens is 256 g/mol. The number of H-pyrrole nitrogens is 1. The summed E-state index contributed by atoms with van der Waals surface area (Å²) in [4.78, 5) is 26.8. The third kappa shape index (κ3) is 2.99. The average Bonchev–Trinajstić information content (AvgIpc) is 2.88. The number of esters is 1. The summed E-state index contributed by atoms with van der Waals surface area (Å²) < 4.78 is 5.19. The van der Waals surface area contributed by atoms with Crippen LogP contribution in [0.2, 0.25) is 0 Å². The van der Waals surface area contributed by atoms with Gasteiger partial charge in [-0.15, -0.1) is 0 Å². The van der Waals surface area contributed by atoms with Crippen LogP contribution in [0.25, 0.3) is 10.9 Å². The summed E-state index contributed by atoms with van der Waals surface area (Å²) in [5, 5.41) is 3.49. The lowest BCUT2D eigenvalue weighted by atomic mass is 10.2. The van der Waals surface area contributed by atoms with Gasteiger partial charge in [-0.3, -0.25) is 4.79 Å². The van der Waals surface area contributed by atoms with Crippen LogP contribution < -0.4 is 5.32 Å². The normalized spacial score (nSPS) is 12.1. The van der Waals surface area contributed by atoms with Crippen molar-refractivity contribution in [3.05, 3.63) is 36.0 Å². The summed E-state index contributed by atoms with van der Waals surface area (Å²) in [6, 6.07) is 7.45. The Morgan fingerprint density at radius 1 is 1.35 bits per heavy atom. The fraction of sp³-hybridized carbons (Fsp3) is 0.333. The van der Waals surface area contributed by atoms with Gasteiger partial charge in [-0.2, -0.15) is 0 Å². The Kier molecular flexibility index (Phi) is 4.40. The first-order valence-corrected chi connectivity index (χ1v) is 6.68. The van der Waals surface area contributed by atoms with Crippen LogP contribution >= 0.6 is 0 Å². The van der Waals surface area contributed by atoms with Crippen molar-refractivity contribution in [1.29, 1.82) is 0 Å². The third-order valence-electron chi connectivity index (χ3n) is 3.01. The minimum absolute atomic E-state index is 0.278. The van der Waals surface area contributed by atoms with Crippen LogP contribution in [0.15, 0.2) is 30.5 Å². The maximum absolute atomic E-state index is 12.1. The quantitative estimate of drug-likeness (QED) is 0.821. The standard InChI is InChI=1S/C15H18N2O3/c1-3-8-16-14(18)10(2)20-15(19)12-9-17-13-7-5-4-6-11(12)13/h4-7,9-10,17H,3,8H2,1-2H3,(H,16,18)/t10-/m0/s1. The van der Waals surface area contributed by atoms with Gasteiger partial charge in [0.1, 0.15) is 0 Å². The molecule has 0 aliphatic carbocycles. The molecule has 5 heteroatoms. The summed E-state index contributed by atoms with van der Waals surface area (Å²) in [7, 11) is 0. The van der Waals surface area contributed by atoms with Gasteiger partial charge >= 0.3 is 5.97 Å². The molecule has 0 unspecified atom stereocenters. The van der Waals surface area contributed by atoms with Gasteiger partial charge < -0.3 is 15.0 Å². The smallest absolute Gasteiger partial charge is 0.341 e. The minimum Gasteiger partial charge on any atom is -0.449 e. The van der Waals surface area contributed by atoms with E-state index in [-0.39, 0.29) is 5.91 Å². The fourth-order valence-corrected chi connectivity index (χ4v) is 1.91. The van der Waals surface area contributed by atoms with Crippen molar-refractivity contribution in [1.82, 2.24) is 10.3 Å². The van der Waals surface area contributed by atoms with Gasteiger partial charge in [0.15, 0.2) is 6.10 Å². The Morgan fingerprint density at radius 2 is 2.10 bits per heavy atom. The molecule has 1 amide bonds. The molecule has 0 fully saturated rings. The number of carbonyl (C=O) groups is 2. The molecule has 0 aliphatic rings. The molecule has 20 heavy (non-hydrogen) atoms. The molecule has 2 aromatic rings. The first-order valence-electron chi connectivity index (χ1n) is 6.68. The molecule has 2 N–H and O–H groups in total. The fourth-order valence-electron chi connectivity index (χ4n) is 1.91. The molecule has 5 nitrogen and oxygen atoms in total. The lowest BCUT2D eigenvalue weighted by molar-refractivity contribution is -0.129. The Bertz CT molecular complexity index is 618. The molecule has 0 saturated carbocycles. The third-order valence-corrected chi connectivity index (χ3v) is 3.01. The van der Waals surface area contributed by atoms with Crippen molar-refractivity contribution in [2.24, 2.45) is 0 Å². The Hall–Kier alpha value is -2.30. The molecule has 0 saturated heterocycles. The molecule has 1 aromatic heterocycles. The number of aromatic amines is 1. The molecule has 2 rings (SSSR count). The van der Waals surface area contributed by atoms with E-state index in [4.69, 9.17) is 4.74 Å². The van der Waals surface area contributed by atoms with Gasteiger partial charge in [-0.25, -0.2) is 4.79 Å². The van der Waals surface area contributed by atoms with E-state index >= 15 is 0 Å². The number of amides is 1. The maximum atomic E-state index is 12.1. The van der Waals surface area contributed by atoms with Crippen molar-refractivity contribution in [2.45, 2.75) is 26.4 Å². The van der Waals surface area contributed by atoms with E-state index in [1.54, 1.807) is 13.1 Å². The van der Waals surface area contributed by atoms with E-state index in [0.29, 0.717) is 12.1 Å². The summed E-state index contributed by atoms with van der Waals surface area (Å²) >= 11 is 0. The topological polar surface area (TPSA) is 71.2 Å². The highest BCUT2D eigenvalue weighted by molar-refractivity contribution is 6.04. The second kappa shape index (κ2) is 6.23. The van der Waals surface area contributed by atoms with E-state index in [1.165, 1.54) is 0 Å².